The zero-order valence-corrected chi connectivity index (χ0v) is 27.1. The lowest BCUT2D eigenvalue weighted by Crippen LogP contribution is -2.23. The van der Waals surface area contributed by atoms with Crippen molar-refractivity contribution < 1.29 is 0 Å². The zero-order valence-electron chi connectivity index (χ0n) is 25.6. The molecule has 0 amide bonds. The van der Waals surface area contributed by atoms with Gasteiger partial charge in [-0.1, -0.05) is 85.6 Å². The van der Waals surface area contributed by atoms with E-state index in [1.165, 1.54) is 46.4 Å². The lowest BCUT2D eigenvalue weighted by Gasteiger charge is -2.25. The molecule has 2 aliphatic carbocycles. The van der Waals surface area contributed by atoms with E-state index < -0.39 is 0 Å². The van der Waals surface area contributed by atoms with Gasteiger partial charge in [0.2, 0.25) is 0 Å². The molecule has 1 aromatic heterocycles. The summed E-state index contributed by atoms with van der Waals surface area (Å²) in [6, 6.07) is 19.7. The van der Waals surface area contributed by atoms with Crippen LogP contribution in [0.15, 0.2) is 75.7 Å². The van der Waals surface area contributed by atoms with Crippen molar-refractivity contribution in [3.05, 3.63) is 110 Å². The summed E-state index contributed by atoms with van der Waals surface area (Å²) in [5.41, 5.74) is 11.6. The van der Waals surface area contributed by atoms with E-state index in [-0.39, 0.29) is 5.92 Å². The zero-order chi connectivity index (χ0) is 29.8. The Hall–Kier alpha value is -2.72. The number of aryl methyl sites for hydroxylation is 1. The highest BCUT2D eigenvalue weighted by molar-refractivity contribution is 6.44. The van der Waals surface area contributed by atoms with Gasteiger partial charge in [-0.15, -0.1) is 0 Å². The third-order valence-corrected chi connectivity index (χ3v) is 9.79. The van der Waals surface area contributed by atoms with Crippen LogP contribution in [0.5, 0.6) is 0 Å². The van der Waals surface area contributed by atoms with E-state index in [1.54, 1.807) is 0 Å². The van der Waals surface area contributed by atoms with Gasteiger partial charge in [-0.3, -0.25) is 9.98 Å². The summed E-state index contributed by atoms with van der Waals surface area (Å²) in [5, 5.41) is 5.12. The Bertz CT molecular complexity index is 1520. The van der Waals surface area contributed by atoms with Crippen LogP contribution in [-0.2, 0) is 6.54 Å². The van der Waals surface area contributed by atoms with Gasteiger partial charge >= 0.3 is 0 Å². The molecule has 0 radical (unpaired) electrons. The second kappa shape index (κ2) is 13.7. The van der Waals surface area contributed by atoms with E-state index in [4.69, 9.17) is 33.2 Å². The summed E-state index contributed by atoms with van der Waals surface area (Å²) in [6.45, 7) is 12.6. The van der Waals surface area contributed by atoms with E-state index in [1.807, 2.05) is 0 Å². The van der Waals surface area contributed by atoms with E-state index in [9.17, 15) is 0 Å². The fourth-order valence-electron chi connectivity index (χ4n) is 5.89. The molecule has 0 saturated heterocycles. The minimum absolute atomic E-state index is 0.0851. The Labute approximate surface area is 262 Å². The van der Waals surface area contributed by atoms with Gasteiger partial charge in [-0.05, 0) is 105 Å². The largest absolute Gasteiger partial charge is 0.312 e. The number of nitrogens with one attached hydrogen (secondary N) is 1. The number of nitrogens with zero attached hydrogens (tertiary/aromatic N) is 2. The van der Waals surface area contributed by atoms with Crippen LogP contribution in [0.1, 0.15) is 104 Å². The molecule has 220 valence electrons. The first-order chi connectivity index (χ1) is 20.3. The topological polar surface area (TPSA) is 37.3 Å². The fraction of sp³-hybridized carbons (Fsp3) is 0.405. The third kappa shape index (κ3) is 7.08. The van der Waals surface area contributed by atoms with Crippen LogP contribution in [0.3, 0.4) is 0 Å². The van der Waals surface area contributed by atoms with Gasteiger partial charge in [0.15, 0.2) is 0 Å². The summed E-state index contributed by atoms with van der Waals surface area (Å²) >= 11 is 13.3. The van der Waals surface area contributed by atoms with Crippen molar-refractivity contribution in [1.82, 2.24) is 10.3 Å². The molecule has 1 saturated carbocycles. The number of pyridine rings is 1. The van der Waals surface area contributed by atoms with Gasteiger partial charge in [0, 0.05) is 35.3 Å². The Morgan fingerprint density at radius 1 is 1.07 bits per heavy atom. The van der Waals surface area contributed by atoms with Crippen molar-refractivity contribution in [1.29, 1.82) is 0 Å². The summed E-state index contributed by atoms with van der Waals surface area (Å²) in [5.74, 6) is 1.18. The standard InChI is InChI=1S/C37H43Cl2N3/c1-6-23(2)31-20-35(42-37(25(31)4)30-13-10-14-33(38)36(30)39)32(29-11-8-7-9-12-29)22-40-21-27-15-18-34(24(3)19-27)41-26(5)28-16-17-28/h7-9,11-13,15,18-20,23,28,32,40H,6,10,14,16-17,21-22H2,1-5H3. The SMILES string of the molecule is CCC(C)c1cc(C(CNCc2ccc(N=C(C)C3CC3)c(C)c2)c2ccccc2)nc(C2=CCCC(Cl)=C2Cl)c1C. The molecule has 0 spiro atoms. The van der Waals surface area contributed by atoms with Gasteiger partial charge in [0.25, 0.3) is 0 Å². The Morgan fingerprint density at radius 3 is 2.52 bits per heavy atom. The molecule has 2 atom stereocenters. The van der Waals surface area contributed by atoms with Crippen molar-refractivity contribution in [3.63, 3.8) is 0 Å². The van der Waals surface area contributed by atoms with Crippen LogP contribution in [0.25, 0.3) is 5.57 Å². The predicted molar refractivity (Wildman–Crippen MR) is 180 cm³/mol. The molecule has 2 aromatic carbocycles. The summed E-state index contributed by atoms with van der Waals surface area (Å²) < 4.78 is 0. The molecule has 1 fully saturated rings. The first kappa shape index (κ1) is 30.7. The summed E-state index contributed by atoms with van der Waals surface area (Å²) in [4.78, 5) is 10.2. The molecule has 5 heteroatoms. The maximum atomic E-state index is 6.79. The molecular weight excluding hydrogens is 557 g/mol. The lowest BCUT2D eigenvalue weighted by atomic mass is 9.86. The van der Waals surface area contributed by atoms with Gasteiger partial charge in [-0.2, -0.15) is 0 Å². The normalized spacial score (nSPS) is 17.3. The van der Waals surface area contributed by atoms with Crippen molar-refractivity contribution in [3.8, 4) is 0 Å². The minimum Gasteiger partial charge on any atom is -0.312 e. The van der Waals surface area contributed by atoms with Crippen molar-refractivity contribution in [2.24, 2.45) is 10.9 Å². The fourth-order valence-corrected chi connectivity index (χ4v) is 6.36. The van der Waals surface area contributed by atoms with Crippen LogP contribution < -0.4 is 5.32 Å². The highest BCUT2D eigenvalue weighted by Gasteiger charge is 2.25. The van der Waals surface area contributed by atoms with Crippen LogP contribution in [-0.4, -0.2) is 17.2 Å². The van der Waals surface area contributed by atoms with Gasteiger partial charge in [0.1, 0.15) is 0 Å². The number of rotatable bonds is 11. The van der Waals surface area contributed by atoms with Crippen molar-refractivity contribution >= 4 is 40.2 Å². The smallest absolute Gasteiger partial charge is 0.0749 e. The molecule has 2 unspecified atom stereocenters. The van der Waals surface area contributed by atoms with Crippen LogP contribution in [0.2, 0.25) is 0 Å². The highest BCUT2D eigenvalue weighted by Crippen LogP contribution is 2.40. The second-order valence-corrected chi connectivity index (χ2v) is 12.9. The van der Waals surface area contributed by atoms with Crippen molar-refractivity contribution in [2.45, 2.75) is 85.1 Å². The van der Waals surface area contributed by atoms with E-state index >= 15 is 0 Å². The van der Waals surface area contributed by atoms with E-state index in [2.05, 4.69) is 101 Å². The Morgan fingerprint density at radius 2 is 1.83 bits per heavy atom. The second-order valence-electron chi connectivity index (χ2n) is 12.0. The third-order valence-electron chi connectivity index (χ3n) is 8.88. The molecule has 1 heterocycles. The summed E-state index contributed by atoms with van der Waals surface area (Å²) in [7, 11) is 0. The average Bonchev–Trinajstić information content (AvgIpc) is 3.85. The number of halogens is 2. The molecule has 3 aromatic rings. The van der Waals surface area contributed by atoms with Gasteiger partial charge < -0.3 is 5.32 Å². The molecule has 3 nitrogen and oxygen atoms in total. The first-order valence-corrected chi connectivity index (χ1v) is 16.2. The molecule has 5 rings (SSSR count). The van der Waals surface area contributed by atoms with Gasteiger partial charge in [0.05, 0.1) is 22.1 Å². The van der Waals surface area contributed by atoms with Crippen LogP contribution >= 0.6 is 23.2 Å². The Balaban J connectivity index is 1.45. The number of aromatic nitrogens is 1. The first-order valence-electron chi connectivity index (χ1n) is 15.4. The number of aliphatic imine (C=N–C) groups is 1. The maximum Gasteiger partial charge on any atom is 0.0749 e. The van der Waals surface area contributed by atoms with E-state index in [0.717, 1.165) is 60.0 Å². The molecular formula is C37H43Cl2N3. The van der Waals surface area contributed by atoms with Crippen LogP contribution in [0.4, 0.5) is 5.69 Å². The number of hydrogen-bond acceptors (Lipinski definition) is 3. The monoisotopic (exact) mass is 599 g/mol. The molecule has 1 N–H and O–H groups in total. The number of allylic oxidation sites excluding steroid dienone is 4. The molecule has 0 bridgehead atoms. The van der Waals surface area contributed by atoms with Crippen LogP contribution in [0, 0.1) is 19.8 Å². The predicted octanol–water partition coefficient (Wildman–Crippen LogP) is 10.5. The average molecular weight is 601 g/mol. The maximum absolute atomic E-state index is 6.79. The molecule has 42 heavy (non-hydrogen) atoms. The van der Waals surface area contributed by atoms with Gasteiger partial charge in [-0.25, -0.2) is 0 Å². The quantitative estimate of drug-likeness (QED) is 0.222. The lowest BCUT2D eigenvalue weighted by molar-refractivity contribution is 0.622. The molecule has 0 aliphatic heterocycles. The minimum atomic E-state index is 0.0851. The summed E-state index contributed by atoms with van der Waals surface area (Å²) in [6.07, 6.45) is 7.48. The number of hydrogen-bond donors (Lipinski definition) is 1. The number of benzene rings is 2. The molecule has 2 aliphatic rings. The highest BCUT2D eigenvalue weighted by atomic mass is 35.5. The van der Waals surface area contributed by atoms with E-state index in [0.29, 0.717) is 16.9 Å². The Kier molecular flexibility index (Phi) is 10.0. The van der Waals surface area contributed by atoms with Crippen molar-refractivity contribution in [2.75, 3.05) is 6.54 Å².